The maximum atomic E-state index is 13.3. The quantitative estimate of drug-likeness (QED) is 0.443. The number of amides is 1. The monoisotopic (exact) mass is 540 g/mol. The Morgan fingerprint density at radius 3 is 2.14 bits per heavy atom. The molecular formula is C21H18ClIN2O3S. The standard InChI is InChI=1S/C21H18ClIN2O3S/c1-15-2-10-19(11-3-15)25(29(27,28)20-12-4-16(22)5-13-20)14-21(26)24-18-8-6-17(23)7-9-18/h2-13H,14H2,1H3,(H,24,26). The van der Waals surface area contributed by atoms with E-state index in [0.717, 1.165) is 13.4 Å². The second-order valence-corrected chi connectivity index (χ2v) is 9.90. The lowest BCUT2D eigenvalue weighted by Gasteiger charge is -2.24. The molecule has 0 aliphatic rings. The number of aryl methyl sites for hydroxylation is 1. The maximum Gasteiger partial charge on any atom is 0.264 e. The zero-order chi connectivity index (χ0) is 21.0. The van der Waals surface area contributed by atoms with Crippen molar-refractivity contribution in [3.8, 4) is 0 Å². The first-order chi connectivity index (χ1) is 13.8. The van der Waals surface area contributed by atoms with Gasteiger partial charge in [-0.3, -0.25) is 9.10 Å². The Morgan fingerprint density at radius 1 is 0.966 bits per heavy atom. The summed E-state index contributed by atoms with van der Waals surface area (Å²) in [5, 5.41) is 3.18. The van der Waals surface area contributed by atoms with E-state index in [1.54, 1.807) is 36.4 Å². The van der Waals surface area contributed by atoms with Crippen molar-refractivity contribution >= 4 is 61.5 Å². The van der Waals surface area contributed by atoms with Crippen LogP contribution in [-0.2, 0) is 14.8 Å². The number of rotatable bonds is 6. The summed E-state index contributed by atoms with van der Waals surface area (Å²) in [6.07, 6.45) is 0. The van der Waals surface area contributed by atoms with Gasteiger partial charge in [0.25, 0.3) is 10.0 Å². The van der Waals surface area contributed by atoms with Crippen LogP contribution in [0.2, 0.25) is 5.02 Å². The molecule has 5 nitrogen and oxygen atoms in total. The predicted octanol–water partition coefficient (Wildman–Crippen LogP) is 5.09. The molecule has 0 aliphatic carbocycles. The molecule has 0 spiro atoms. The highest BCUT2D eigenvalue weighted by Gasteiger charge is 2.27. The SMILES string of the molecule is Cc1ccc(N(CC(=O)Nc2ccc(I)cc2)S(=O)(=O)c2ccc(Cl)cc2)cc1. The fourth-order valence-corrected chi connectivity index (χ4v) is 4.53. The number of sulfonamides is 1. The number of carbonyl (C=O) groups excluding carboxylic acids is 1. The van der Waals surface area contributed by atoms with Crippen LogP contribution in [0.4, 0.5) is 11.4 Å². The Labute approximate surface area is 188 Å². The van der Waals surface area contributed by atoms with Crippen LogP contribution in [0.3, 0.4) is 0 Å². The first-order valence-corrected chi connectivity index (χ1v) is 11.6. The molecule has 0 aromatic heterocycles. The summed E-state index contributed by atoms with van der Waals surface area (Å²) in [4.78, 5) is 12.7. The highest BCUT2D eigenvalue weighted by molar-refractivity contribution is 14.1. The van der Waals surface area contributed by atoms with Crippen molar-refractivity contribution in [3.05, 3.63) is 87.0 Å². The second kappa shape index (κ2) is 9.15. The van der Waals surface area contributed by atoms with Crippen LogP contribution in [-0.4, -0.2) is 20.9 Å². The molecule has 8 heteroatoms. The van der Waals surface area contributed by atoms with Gasteiger partial charge in [-0.05, 0) is 90.2 Å². The van der Waals surface area contributed by atoms with E-state index in [9.17, 15) is 13.2 Å². The van der Waals surface area contributed by atoms with Gasteiger partial charge in [0.1, 0.15) is 6.54 Å². The molecule has 0 unspecified atom stereocenters. The van der Waals surface area contributed by atoms with Crippen molar-refractivity contribution in [1.29, 1.82) is 0 Å². The summed E-state index contributed by atoms with van der Waals surface area (Å²) in [6, 6.07) is 20.1. The van der Waals surface area contributed by atoms with Gasteiger partial charge in [-0.2, -0.15) is 0 Å². The first-order valence-electron chi connectivity index (χ1n) is 8.66. The third kappa shape index (κ3) is 5.49. The van der Waals surface area contributed by atoms with Crippen molar-refractivity contribution in [3.63, 3.8) is 0 Å². The number of halogens is 2. The molecule has 1 amide bonds. The van der Waals surface area contributed by atoms with E-state index in [2.05, 4.69) is 27.9 Å². The molecule has 1 N–H and O–H groups in total. The van der Waals surface area contributed by atoms with Gasteiger partial charge in [0.15, 0.2) is 0 Å². The van der Waals surface area contributed by atoms with Crippen molar-refractivity contribution in [1.82, 2.24) is 0 Å². The lowest BCUT2D eigenvalue weighted by molar-refractivity contribution is -0.114. The molecule has 0 heterocycles. The zero-order valence-corrected chi connectivity index (χ0v) is 19.2. The first kappa shape index (κ1) is 21.6. The van der Waals surface area contributed by atoms with Crippen molar-refractivity contribution in [2.24, 2.45) is 0 Å². The number of benzene rings is 3. The van der Waals surface area contributed by atoms with E-state index >= 15 is 0 Å². The van der Waals surface area contributed by atoms with Gasteiger partial charge in [0.05, 0.1) is 10.6 Å². The normalized spacial score (nSPS) is 11.1. The molecule has 0 atom stereocenters. The van der Waals surface area contributed by atoms with Gasteiger partial charge in [-0.1, -0.05) is 29.3 Å². The van der Waals surface area contributed by atoms with Crippen LogP contribution in [0.15, 0.2) is 77.7 Å². The van der Waals surface area contributed by atoms with Gasteiger partial charge in [-0.15, -0.1) is 0 Å². The highest BCUT2D eigenvalue weighted by Crippen LogP contribution is 2.25. The van der Waals surface area contributed by atoms with Crippen LogP contribution >= 0.6 is 34.2 Å². The second-order valence-electron chi connectivity index (χ2n) is 6.36. The number of anilines is 2. The topological polar surface area (TPSA) is 66.5 Å². The van der Waals surface area contributed by atoms with E-state index < -0.39 is 15.9 Å². The van der Waals surface area contributed by atoms with Gasteiger partial charge in [0, 0.05) is 14.3 Å². The molecule has 0 saturated heterocycles. The Morgan fingerprint density at radius 2 is 1.55 bits per heavy atom. The van der Waals surface area contributed by atoms with Gasteiger partial charge in [-0.25, -0.2) is 8.42 Å². The molecule has 0 aliphatic heterocycles. The van der Waals surface area contributed by atoms with E-state index in [1.165, 1.54) is 24.3 Å². The average Bonchev–Trinajstić information content (AvgIpc) is 2.69. The lowest BCUT2D eigenvalue weighted by atomic mass is 10.2. The van der Waals surface area contributed by atoms with E-state index in [4.69, 9.17) is 11.6 Å². The van der Waals surface area contributed by atoms with Gasteiger partial charge in [0.2, 0.25) is 5.91 Å². The van der Waals surface area contributed by atoms with Crippen LogP contribution in [0.5, 0.6) is 0 Å². The van der Waals surface area contributed by atoms with Crippen molar-refractivity contribution in [2.75, 3.05) is 16.2 Å². The molecule has 0 radical (unpaired) electrons. The lowest BCUT2D eigenvalue weighted by Crippen LogP contribution is -2.38. The molecule has 3 rings (SSSR count). The minimum atomic E-state index is -3.97. The Hall–Kier alpha value is -2.10. The Bertz CT molecular complexity index is 1100. The third-order valence-corrected chi connectivity index (χ3v) is 6.90. The van der Waals surface area contributed by atoms with Crippen LogP contribution < -0.4 is 9.62 Å². The fraction of sp³-hybridized carbons (Fsp3) is 0.0952. The number of carbonyl (C=O) groups is 1. The third-order valence-electron chi connectivity index (χ3n) is 4.14. The minimum Gasteiger partial charge on any atom is -0.325 e. The number of hydrogen-bond donors (Lipinski definition) is 1. The summed E-state index contributed by atoms with van der Waals surface area (Å²) in [5.41, 5.74) is 1.99. The zero-order valence-electron chi connectivity index (χ0n) is 15.5. The molecule has 29 heavy (non-hydrogen) atoms. The summed E-state index contributed by atoms with van der Waals surface area (Å²) >= 11 is 8.06. The van der Waals surface area contributed by atoms with Gasteiger partial charge < -0.3 is 5.32 Å². The minimum absolute atomic E-state index is 0.0598. The average molecular weight is 541 g/mol. The molecule has 150 valence electrons. The fourth-order valence-electron chi connectivity index (χ4n) is 2.62. The summed E-state index contributed by atoms with van der Waals surface area (Å²) in [7, 11) is -3.97. The van der Waals surface area contributed by atoms with E-state index in [0.29, 0.717) is 16.4 Å². The van der Waals surface area contributed by atoms with Crippen LogP contribution in [0.25, 0.3) is 0 Å². The molecule has 0 bridgehead atoms. The summed E-state index contributed by atoms with van der Waals surface area (Å²) < 4.78 is 28.7. The molecule has 0 saturated carbocycles. The Kier molecular flexibility index (Phi) is 6.81. The van der Waals surface area contributed by atoms with Crippen molar-refractivity contribution < 1.29 is 13.2 Å². The maximum absolute atomic E-state index is 13.3. The number of hydrogen-bond acceptors (Lipinski definition) is 3. The number of nitrogens with one attached hydrogen (secondary N) is 1. The summed E-state index contributed by atoms with van der Waals surface area (Å²) in [5.74, 6) is -0.440. The van der Waals surface area contributed by atoms with Crippen LogP contribution in [0, 0.1) is 10.5 Å². The predicted molar refractivity (Wildman–Crippen MR) is 125 cm³/mol. The Balaban J connectivity index is 1.92. The van der Waals surface area contributed by atoms with Crippen LogP contribution in [0.1, 0.15) is 5.56 Å². The highest BCUT2D eigenvalue weighted by atomic mass is 127. The molecule has 3 aromatic carbocycles. The number of nitrogens with zero attached hydrogens (tertiary/aromatic N) is 1. The largest absolute Gasteiger partial charge is 0.325 e. The molecular weight excluding hydrogens is 523 g/mol. The van der Waals surface area contributed by atoms with Crippen molar-refractivity contribution in [2.45, 2.75) is 11.8 Å². The molecule has 0 fully saturated rings. The smallest absolute Gasteiger partial charge is 0.264 e. The van der Waals surface area contributed by atoms with E-state index in [-0.39, 0.29) is 11.4 Å². The molecule has 3 aromatic rings. The van der Waals surface area contributed by atoms with E-state index in [1.807, 2.05) is 19.1 Å². The van der Waals surface area contributed by atoms with Gasteiger partial charge >= 0.3 is 0 Å². The summed E-state index contributed by atoms with van der Waals surface area (Å²) in [6.45, 7) is 1.55.